The first kappa shape index (κ1) is 13.6. The molecule has 0 spiro atoms. The van der Waals surface area contributed by atoms with Crippen LogP contribution in [0.4, 0.5) is 0 Å². The standard InChI is InChI=1S/C8H17NO4S/c1-4-6-9(2,3)7-5-8-13-14(10,11)12/h4H,1,5-8H2,2-3H3/p+1. The van der Waals surface area contributed by atoms with E-state index in [1.165, 1.54) is 0 Å². The van der Waals surface area contributed by atoms with Gasteiger partial charge in [-0.3, -0.25) is 4.55 Å². The SMILES string of the molecule is C=CC[N+](C)(C)CCCOS(=O)(=O)O. The third-order valence-electron chi connectivity index (χ3n) is 1.76. The van der Waals surface area contributed by atoms with E-state index in [0.29, 0.717) is 6.42 Å². The van der Waals surface area contributed by atoms with E-state index in [2.05, 4.69) is 10.8 Å². The average Bonchev–Trinajstić information content (AvgIpc) is 1.96. The van der Waals surface area contributed by atoms with E-state index in [4.69, 9.17) is 4.55 Å². The monoisotopic (exact) mass is 224 g/mol. The zero-order chi connectivity index (χ0) is 11.2. The maximum absolute atomic E-state index is 10.2. The van der Waals surface area contributed by atoms with Crippen LogP contribution in [0.15, 0.2) is 12.7 Å². The van der Waals surface area contributed by atoms with Gasteiger partial charge in [-0.1, -0.05) is 6.58 Å². The van der Waals surface area contributed by atoms with Crippen LogP contribution in [0.5, 0.6) is 0 Å². The van der Waals surface area contributed by atoms with Crippen LogP contribution in [0.25, 0.3) is 0 Å². The number of quaternary nitrogens is 1. The maximum Gasteiger partial charge on any atom is 0.397 e. The first-order valence-electron chi connectivity index (χ1n) is 4.31. The minimum absolute atomic E-state index is 0.0116. The Bertz CT molecular complexity index is 271. The zero-order valence-corrected chi connectivity index (χ0v) is 9.46. The summed E-state index contributed by atoms with van der Waals surface area (Å²) in [6.07, 6.45) is 2.38. The number of rotatable bonds is 7. The molecule has 0 radical (unpaired) electrons. The fraction of sp³-hybridized carbons (Fsp3) is 0.750. The molecular formula is C8H18NO4S+. The number of likely N-dealkylation sites (N-methyl/N-ethyl adjacent to an activating group) is 1. The van der Waals surface area contributed by atoms with Crippen molar-refractivity contribution in [1.29, 1.82) is 0 Å². The lowest BCUT2D eigenvalue weighted by molar-refractivity contribution is -0.884. The second-order valence-corrected chi connectivity index (χ2v) is 4.83. The van der Waals surface area contributed by atoms with E-state index < -0.39 is 10.4 Å². The summed E-state index contributed by atoms with van der Waals surface area (Å²) in [5.74, 6) is 0. The average molecular weight is 224 g/mol. The molecule has 0 bridgehead atoms. The van der Waals surface area contributed by atoms with Gasteiger partial charge in [0, 0.05) is 6.42 Å². The molecule has 0 atom stereocenters. The molecule has 0 fully saturated rings. The summed E-state index contributed by atoms with van der Waals surface area (Å²) in [5.41, 5.74) is 0. The minimum atomic E-state index is -4.28. The Morgan fingerprint density at radius 2 is 2.07 bits per heavy atom. The van der Waals surface area contributed by atoms with Gasteiger partial charge in [0.1, 0.15) is 0 Å². The molecule has 0 aliphatic rings. The van der Waals surface area contributed by atoms with Crippen molar-refractivity contribution >= 4 is 10.4 Å². The molecule has 0 aromatic carbocycles. The molecule has 0 aromatic heterocycles. The van der Waals surface area contributed by atoms with Gasteiger partial charge in [-0.25, -0.2) is 4.18 Å². The third-order valence-corrected chi connectivity index (χ3v) is 2.23. The highest BCUT2D eigenvalue weighted by atomic mass is 32.3. The second kappa shape index (κ2) is 5.45. The molecule has 84 valence electrons. The highest BCUT2D eigenvalue weighted by molar-refractivity contribution is 7.80. The smallest absolute Gasteiger partial charge is 0.325 e. The number of hydrogen-bond donors (Lipinski definition) is 1. The van der Waals surface area contributed by atoms with Crippen LogP contribution in [-0.2, 0) is 14.6 Å². The van der Waals surface area contributed by atoms with Gasteiger partial charge in [-0.2, -0.15) is 8.42 Å². The van der Waals surface area contributed by atoms with Gasteiger partial charge in [0.2, 0.25) is 0 Å². The lowest BCUT2D eigenvalue weighted by atomic mass is 10.3. The number of nitrogens with zero attached hydrogens (tertiary/aromatic N) is 1. The van der Waals surface area contributed by atoms with Crippen LogP contribution < -0.4 is 0 Å². The maximum atomic E-state index is 10.2. The van der Waals surface area contributed by atoms with Crippen LogP contribution in [0.1, 0.15) is 6.42 Å². The summed E-state index contributed by atoms with van der Waals surface area (Å²) < 4.78 is 33.6. The Hall–Kier alpha value is -0.430. The first-order valence-corrected chi connectivity index (χ1v) is 5.68. The van der Waals surface area contributed by atoms with Gasteiger partial charge in [0.15, 0.2) is 0 Å². The molecule has 0 saturated heterocycles. The van der Waals surface area contributed by atoms with E-state index in [-0.39, 0.29) is 6.61 Å². The van der Waals surface area contributed by atoms with Crippen molar-refractivity contribution in [2.24, 2.45) is 0 Å². The fourth-order valence-corrected chi connectivity index (χ4v) is 1.43. The molecule has 0 unspecified atom stereocenters. The highest BCUT2D eigenvalue weighted by Crippen LogP contribution is 2.00. The molecule has 5 nitrogen and oxygen atoms in total. The van der Waals surface area contributed by atoms with Crippen molar-refractivity contribution < 1.29 is 21.6 Å². The summed E-state index contributed by atoms with van der Waals surface area (Å²) in [6.45, 7) is 5.22. The Labute approximate surface area is 85.5 Å². The summed E-state index contributed by atoms with van der Waals surface area (Å²) >= 11 is 0. The molecule has 1 N–H and O–H groups in total. The Kier molecular flexibility index (Phi) is 5.28. The van der Waals surface area contributed by atoms with E-state index in [9.17, 15) is 8.42 Å². The number of hydrogen-bond acceptors (Lipinski definition) is 3. The lowest BCUT2D eigenvalue weighted by Gasteiger charge is -2.28. The summed E-state index contributed by atoms with van der Waals surface area (Å²) in [6, 6.07) is 0. The van der Waals surface area contributed by atoms with Crippen LogP contribution in [0, 0.1) is 0 Å². The molecule has 0 aliphatic carbocycles. The predicted molar refractivity (Wildman–Crippen MR) is 54.2 cm³/mol. The predicted octanol–water partition coefficient (Wildman–Crippen LogP) is 0.458. The van der Waals surface area contributed by atoms with Crippen molar-refractivity contribution in [3.8, 4) is 0 Å². The topological polar surface area (TPSA) is 63.6 Å². The molecular weight excluding hydrogens is 206 g/mol. The van der Waals surface area contributed by atoms with Crippen molar-refractivity contribution in [2.45, 2.75) is 6.42 Å². The van der Waals surface area contributed by atoms with Gasteiger partial charge >= 0.3 is 10.4 Å². The summed E-state index contributed by atoms with van der Waals surface area (Å²) in [7, 11) is -0.263. The van der Waals surface area contributed by atoms with E-state index in [1.54, 1.807) is 0 Å². The molecule has 0 saturated carbocycles. The molecule has 0 aliphatic heterocycles. The van der Waals surface area contributed by atoms with Gasteiger partial charge in [0.25, 0.3) is 0 Å². The summed E-state index contributed by atoms with van der Waals surface area (Å²) in [4.78, 5) is 0. The quantitative estimate of drug-likeness (QED) is 0.295. The van der Waals surface area contributed by atoms with Crippen LogP contribution >= 0.6 is 0 Å². The van der Waals surface area contributed by atoms with Gasteiger partial charge in [-0.05, 0) is 6.08 Å². The van der Waals surface area contributed by atoms with Gasteiger partial charge in [-0.15, -0.1) is 0 Å². The lowest BCUT2D eigenvalue weighted by Crippen LogP contribution is -2.40. The van der Waals surface area contributed by atoms with E-state index in [1.807, 2.05) is 20.2 Å². The second-order valence-electron chi connectivity index (χ2n) is 3.73. The van der Waals surface area contributed by atoms with E-state index >= 15 is 0 Å². The molecule has 0 heterocycles. The minimum Gasteiger partial charge on any atom is -0.325 e. The largest absolute Gasteiger partial charge is 0.397 e. The third kappa shape index (κ3) is 8.18. The first-order chi connectivity index (χ1) is 6.27. The Morgan fingerprint density at radius 3 is 2.50 bits per heavy atom. The van der Waals surface area contributed by atoms with Gasteiger partial charge in [0.05, 0.1) is 33.8 Å². The molecule has 6 heteroatoms. The van der Waals surface area contributed by atoms with Crippen molar-refractivity contribution in [2.75, 3.05) is 33.8 Å². The van der Waals surface area contributed by atoms with Crippen LogP contribution in [0.3, 0.4) is 0 Å². The molecule has 0 rings (SSSR count). The van der Waals surface area contributed by atoms with Crippen LogP contribution in [0.2, 0.25) is 0 Å². The fourth-order valence-electron chi connectivity index (χ4n) is 1.10. The normalized spacial score (nSPS) is 12.8. The van der Waals surface area contributed by atoms with E-state index in [0.717, 1.165) is 17.6 Å². The van der Waals surface area contributed by atoms with Gasteiger partial charge < -0.3 is 4.48 Å². The highest BCUT2D eigenvalue weighted by Gasteiger charge is 2.12. The van der Waals surface area contributed by atoms with Crippen molar-refractivity contribution in [1.82, 2.24) is 0 Å². The summed E-state index contributed by atoms with van der Waals surface area (Å²) in [5, 5.41) is 0. The van der Waals surface area contributed by atoms with Crippen molar-refractivity contribution in [3.63, 3.8) is 0 Å². The Balaban J connectivity index is 3.69. The molecule has 0 amide bonds. The zero-order valence-electron chi connectivity index (χ0n) is 8.64. The van der Waals surface area contributed by atoms with Crippen molar-refractivity contribution in [3.05, 3.63) is 12.7 Å². The Morgan fingerprint density at radius 1 is 1.50 bits per heavy atom. The molecule has 0 aromatic rings. The molecule has 14 heavy (non-hydrogen) atoms. The van der Waals surface area contributed by atoms with Crippen LogP contribution in [-0.4, -0.2) is 51.2 Å².